The molecule has 0 saturated carbocycles. The largest absolute Gasteiger partial charge is 0.497 e. The molecule has 0 aliphatic carbocycles. The van der Waals surface area contributed by atoms with Crippen molar-refractivity contribution >= 4 is 25.4 Å². The summed E-state index contributed by atoms with van der Waals surface area (Å²) in [6.07, 6.45) is 0. The van der Waals surface area contributed by atoms with E-state index in [0.29, 0.717) is 28.4 Å². The van der Waals surface area contributed by atoms with Crippen molar-refractivity contribution in [2.24, 2.45) is 0 Å². The van der Waals surface area contributed by atoms with Gasteiger partial charge in [-0.2, -0.15) is 13.5 Å². The molecule has 0 aromatic heterocycles. The predicted molar refractivity (Wildman–Crippen MR) is 116 cm³/mol. The predicted octanol–water partition coefficient (Wildman–Crippen LogP) is 4.86. The molecule has 0 amide bonds. The van der Waals surface area contributed by atoms with Gasteiger partial charge in [0.15, 0.2) is 0 Å². The van der Waals surface area contributed by atoms with E-state index >= 15 is 0 Å². The van der Waals surface area contributed by atoms with Crippen LogP contribution < -0.4 is 14.2 Å². The van der Waals surface area contributed by atoms with Crippen LogP contribution in [0.5, 0.6) is 17.2 Å². The van der Waals surface area contributed by atoms with Crippen LogP contribution in [0.1, 0.15) is 31.8 Å². The molecular weight excluding hydrogens is 388 g/mol. The van der Waals surface area contributed by atoms with Crippen LogP contribution >= 0.6 is 13.5 Å². The summed E-state index contributed by atoms with van der Waals surface area (Å²) in [6, 6.07) is 18.4. The molecular formula is C23H22O5S. The smallest absolute Gasteiger partial charge is 0.343 e. The number of carbonyl (C=O) groups is 2. The lowest BCUT2D eigenvalue weighted by atomic mass is 10.1. The van der Waals surface area contributed by atoms with E-state index in [4.69, 9.17) is 14.2 Å². The molecule has 0 fully saturated rings. The monoisotopic (exact) mass is 410 g/mol. The van der Waals surface area contributed by atoms with Gasteiger partial charge in [-0.25, -0.2) is 9.59 Å². The third kappa shape index (κ3) is 5.62. The molecule has 6 heteroatoms. The molecule has 0 aliphatic rings. The number of carbonyl (C=O) groups excluding carboxylic acids is 2. The molecule has 0 unspecified atom stereocenters. The number of aryl methyl sites for hydroxylation is 2. The van der Waals surface area contributed by atoms with Crippen molar-refractivity contribution in [1.82, 2.24) is 0 Å². The molecule has 3 aromatic rings. The molecule has 3 rings (SSSR count). The highest BCUT2D eigenvalue weighted by molar-refractivity contribution is 7.59. The third-order valence-electron chi connectivity index (χ3n) is 4.16. The second kappa shape index (κ2) is 9.80. The average Bonchev–Trinajstić information content (AvgIpc) is 2.70. The molecule has 150 valence electrons. The highest BCUT2D eigenvalue weighted by Gasteiger charge is 2.12. The summed E-state index contributed by atoms with van der Waals surface area (Å²) < 4.78 is 15.8. The second-order valence-corrected chi connectivity index (χ2v) is 6.30. The first-order chi connectivity index (χ1) is 13.5. The van der Waals surface area contributed by atoms with Crippen LogP contribution in [0.4, 0.5) is 0 Å². The SMILES string of the molecule is COc1ccc(C(=O)Oc2ccc(C(=O)Oc3ccc(C)cc3C)cc2)cc1.S. The lowest BCUT2D eigenvalue weighted by Crippen LogP contribution is -2.10. The van der Waals surface area contributed by atoms with Crippen molar-refractivity contribution in [2.45, 2.75) is 13.8 Å². The first-order valence-corrected chi connectivity index (χ1v) is 8.72. The lowest BCUT2D eigenvalue weighted by Gasteiger charge is -2.09. The van der Waals surface area contributed by atoms with Crippen molar-refractivity contribution < 1.29 is 23.8 Å². The Morgan fingerprint density at radius 3 is 1.72 bits per heavy atom. The Morgan fingerprint density at radius 1 is 0.690 bits per heavy atom. The maximum absolute atomic E-state index is 12.3. The summed E-state index contributed by atoms with van der Waals surface area (Å²) >= 11 is 0. The minimum absolute atomic E-state index is 0. The minimum Gasteiger partial charge on any atom is -0.497 e. The number of benzene rings is 3. The summed E-state index contributed by atoms with van der Waals surface area (Å²) in [5, 5.41) is 0. The zero-order valence-corrected chi connectivity index (χ0v) is 17.4. The van der Waals surface area contributed by atoms with Crippen LogP contribution in [0.25, 0.3) is 0 Å². The lowest BCUT2D eigenvalue weighted by molar-refractivity contribution is 0.0729. The van der Waals surface area contributed by atoms with Gasteiger partial charge >= 0.3 is 11.9 Å². The van der Waals surface area contributed by atoms with Crippen LogP contribution in [0.2, 0.25) is 0 Å². The van der Waals surface area contributed by atoms with Gasteiger partial charge in [0, 0.05) is 0 Å². The third-order valence-corrected chi connectivity index (χ3v) is 4.16. The number of methoxy groups -OCH3 is 1. The Bertz CT molecular complexity index is 995. The zero-order valence-electron chi connectivity index (χ0n) is 16.4. The number of ether oxygens (including phenoxy) is 3. The van der Waals surface area contributed by atoms with Crippen LogP contribution in [0.3, 0.4) is 0 Å². The van der Waals surface area contributed by atoms with E-state index in [9.17, 15) is 9.59 Å². The number of hydrogen-bond donors (Lipinski definition) is 0. The summed E-state index contributed by atoms with van der Waals surface area (Å²) in [5.41, 5.74) is 2.75. The molecule has 5 nitrogen and oxygen atoms in total. The quantitative estimate of drug-likeness (QED) is 0.444. The number of esters is 2. The van der Waals surface area contributed by atoms with Crippen LogP contribution in [0, 0.1) is 13.8 Å². The maximum atomic E-state index is 12.3. The van der Waals surface area contributed by atoms with E-state index in [1.165, 1.54) is 0 Å². The Balaban J connectivity index is 0.00000300. The fourth-order valence-corrected chi connectivity index (χ4v) is 2.62. The normalized spacial score (nSPS) is 9.90. The van der Waals surface area contributed by atoms with Gasteiger partial charge in [-0.3, -0.25) is 0 Å². The molecule has 0 atom stereocenters. The van der Waals surface area contributed by atoms with Crippen molar-refractivity contribution in [2.75, 3.05) is 7.11 Å². The average molecular weight is 410 g/mol. The van der Waals surface area contributed by atoms with Crippen LogP contribution in [-0.4, -0.2) is 19.0 Å². The van der Waals surface area contributed by atoms with Crippen LogP contribution in [0.15, 0.2) is 66.7 Å². The first-order valence-electron chi connectivity index (χ1n) is 8.72. The van der Waals surface area contributed by atoms with Crippen molar-refractivity contribution in [3.63, 3.8) is 0 Å². The molecule has 0 heterocycles. The second-order valence-electron chi connectivity index (χ2n) is 6.30. The van der Waals surface area contributed by atoms with Gasteiger partial charge in [0.2, 0.25) is 0 Å². The fraction of sp³-hybridized carbons (Fsp3) is 0.130. The topological polar surface area (TPSA) is 61.8 Å². The van der Waals surface area contributed by atoms with Crippen molar-refractivity contribution in [3.05, 3.63) is 89.0 Å². The molecule has 0 bridgehead atoms. The fourth-order valence-electron chi connectivity index (χ4n) is 2.62. The molecule has 0 aliphatic heterocycles. The summed E-state index contributed by atoms with van der Waals surface area (Å²) in [4.78, 5) is 24.5. The van der Waals surface area contributed by atoms with Crippen molar-refractivity contribution in [1.29, 1.82) is 0 Å². The minimum atomic E-state index is -0.492. The van der Waals surface area contributed by atoms with Gasteiger partial charge in [-0.05, 0) is 74.0 Å². The standard InChI is InChI=1S/C23H20O5.H2S/c1-15-4-13-21(16(2)14-15)28-23(25)18-7-11-20(12-8-18)27-22(24)17-5-9-19(26-3)10-6-17;/h4-14H,1-3H3;1H2. The van der Waals surface area contributed by atoms with E-state index in [-0.39, 0.29) is 13.5 Å². The maximum Gasteiger partial charge on any atom is 0.343 e. The molecule has 0 N–H and O–H groups in total. The van der Waals surface area contributed by atoms with Gasteiger partial charge in [-0.1, -0.05) is 17.7 Å². The van der Waals surface area contributed by atoms with Gasteiger partial charge in [-0.15, -0.1) is 0 Å². The summed E-state index contributed by atoms with van der Waals surface area (Å²) in [7, 11) is 1.56. The van der Waals surface area contributed by atoms with Gasteiger partial charge < -0.3 is 14.2 Å². The first kappa shape index (κ1) is 22.0. The van der Waals surface area contributed by atoms with Crippen LogP contribution in [-0.2, 0) is 0 Å². The Hall–Kier alpha value is -3.25. The van der Waals surface area contributed by atoms with Gasteiger partial charge in [0.1, 0.15) is 17.2 Å². The molecule has 0 saturated heterocycles. The highest BCUT2D eigenvalue weighted by Crippen LogP contribution is 2.21. The highest BCUT2D eigenvalue weighted by atomic mass is 32.1. The molecule has 0 radical (unpaired) electrons. The summed E-state index contributed by atoms with van der Waals surface area (Å²) in [6.45, 7) is 3.86. The Labute approximate surface area is 176 Å². The van der Waals surface area contributed by atoms with Crippen molar-refractivity contribution in [3.8, 4) is 17.2 Å². The number of hydrogen-bond acceptors (Lipinski definition) is 5. The van der Waals surface area contributed by atoms with Gasteiger partial charge in [0.05, 0.1) is 18.2 Å². The van der Waals surface area contributed by atoms with E-state index in [1.807, 2.05) is 26.0 Å². The zero-order chi connectivity index (χ0) is 20.1. The van der Waals surface area contributed by atoms with E-state index in [0.717, 1.165) is 11.1 Å². The van der Waals surface area contributed by atoms with E-state index in [1.54, 1.807) is 61.7 Å². The molecule has 0 spiro atoms. The van der Waals surface area contributed by atoms with Gasteiger partial charge in [0.25, 0.3) is 0 Å². The van der Waals surface area contributed by atoms with E-state index in [2.05, 4.69) is 0 Å². The molecule has 29 heavy (non-hydrogen) atoms. The number of rotatable bonds is 5. The van der Waals surface area contributed by atoms with E-state index < -0.39 is 11.9 Å². The Morgan fingerprint density at radius 2 is 1.21 bits per heavy atom. The summed E-state index contributed by atoms with van der Waals surface area (Å²) in [5.74, 6) is 0.547. The molecule has 3 aromatic carbocycles. The Kier molecular flexibility index (Phi) is 7.45.